The number of halogens is 2. The van der Waals surface area contributed by atoms with Crippen LogP contribution in [0.2, 0.25) is 0 Å². The second-order valence-corrected chi connectivity index (χ2v) is 8.87. The molecule has 3 N–H and O–H groups in total. The molecule has 0 unspecified atom stereocenters. The second-order valence-electron chi connectivity index (χ2n) is 7.70. The predicted molar refractivity (Wildman–Crippen MR) is 116 cm³/mol. The van der Waals surface area contributed by atoms with Crippen LogP contribution in [-0.4, -0.2) is 39.2 Å². The fourth-order valence-corrected chi connectivity index (χ4v) is 4.49. The van der Waals surface area contributed by atoms with Crippen molar-refractivity contribution < 1.29 is 9.13 Å². The van der Waals surface area contributed by atoms with Crippen molar-refractivity contribution >= 4 is 39.6 Å². The molecule has 3 aromatic rings. The number of ether oxygens (including phenoxy) is 1. The smallest absolute Gasteiger partial charge is 0.312 e. The molecule has 152 valence electrons. The van der Waals surface area contributed by atoms with Gasteiger partial charge in [-0.25, -0.2) is 4.98 Å². The molecule has 0 radical (unpaired) electrons. The van der Waals surface area contributed by atoms with Crippen molar-refractivity contribution in [3.8, 4) is 5.75 Å². The zero-order chi connectivity index (χ0) is 20.0. The number of imidazole rings is 1. The van der Waals surface area contributed by atoms with Crippen LogP contribution in [0.3, 0.4) is 0 Å². The van der Waals surface area contributed by atoms with E-state index >= 15 is 0 Å². The molecule has 1 aliphatic carbocycles. The molecule has 9 heteroatoms. The first-order valence-corrected chi connectivity index (χ1v) is 11.0. The number of nitrogens with two attached hydrogens (primary N) is 1. The number of fused-ring (bicyclic) bond motifs is 2. The quantitative estimate of drug-likeness (QED) is 0.290. The van der Waals surface area contributed by atoms with E-state index in [0.29, 0.717) is 24.1 Å². The summed E-state index contributed by atoms with van der Waals surface area (Å²) < 4.78 is 22.7. The molecule has 0 bridgehead atoms. The molecule has 5 rings (SSSR count). The lowest BCUT2D eigenvalue weighted by Gasteiger charge is -2.11. The number of hydrogen-bond acceptors (Lipinski definition) is 6. The van der Waals surface area contributed by atoms with E-state index < -0.39 is 6.08 Å². The van der Waals surface area contributed by atoms with Crippen LogP contribution in [0, 0.1) is 15.6 Å². The molecule has 3 heterocycles. The van der Waals surface area contributed by atoms with Gasteiger partial charge >= 0.3 is 6.08 Å². The van der Waals surface area contributed by atoms with Crippen molar-refractivity contribution in [3.05, 3.63) is 38.7 Å². The van der Waals surface area contributed by atoms with E-state index in [-0.39, 0.29) is 5.82 Å². The summed E-state index contributed by atoms with van der Waals surface area (Å²) in [6, 6.07) is 4.27. The summed E-state index contributed by atoms with van der Waals surface area (Å²) in [4.78, 5) is 12.3. The van der Waals surface area contributed by atoms with Gasteiger partial charge in [0.25, 0.3) is 0 Å². The lowest BCUT2D eigenvalue weighted by molar-refractivity contribution is 0.356. The van der Waals surface area contributed by atoms with Crippen LogP contribution in [0.25, 0.3) is 11.2 Å². The van der Waals surface area contributed by atoms with E-state index in [0.717, 1.165) is 49.2 Å². The largest absolute Gasteiger partial charge is 0.493 e. The van der Waals surface area contributed by atoms with Gasteiger partial charge in [0.05, 0.1) is 6.61 Å². The third-order valence-corrected chi connectivity index (χ3v) is 6.53. The molecule has 0 amide bonds. The lowest BCUT2D eigenvalue weighted by atomic mass is 10.1. The highest BCUT2D eigenvalue weighted by atomic mass is 127. The lowest BCUT2D eigenvalue weighted by Crippen LogP contribution is -2.23. The van der Waals surface area contributed by atoms with E-state index in [4.69, 9.17) is 10.5 Å². The van der Waals surface area contributed by atoms with Crippen LogP contribution in [0.4, 0.5) is 10.2 Å². The van der Waals surface area contributed by atoms with Crippen molar-refractivity contribution in [1.29, 1.82) is 0 Å². The van der Waals surface area contributed by atoms with Crippen molar-refractivity contribution in [2.75, 3.05) is 25.4 Å². The van der Waals surface area contributed by atoms with Crippen LogP contribution in [-0.2, 0) is 19.4 Å². The maximum Gasteiger partial charge on any atom is 0.312 e. The van der Waals surface area contributed by atoms with Gasteiger partial charge in [0.15, 0.2) is 17.0 Å². The fraction of sp³-hybridized carbons (Fsp3) is 0.450. The molecule has 2 aromatic heterocycles. The van der Waals surface area contributed by atoms with E-state index in [1.807, 2.05) is 4.57 Å². The van der Waals surface area contributed by atoms with Gasteiger partial charge in [-0.05, 0) is 71.2 Å². The Hall–Kier alpha value is -2.01. The van der Waals surface area contributed by atoms with Crippen LogP contribution in [0.5, 0.6) is 5.75 Å². The average molecular weight is 508 g/mol. The SMILES string of the molecule is Nc1nc(F)nc2c1nc(Cc1cc3c(cc1I)CCO3)n2CCNCC1CC1. The zero-order valence-corrected chi connectivity index (χ0v) is 18.1. The van der Waals surface area contributed by atoms with Crippen LogP contribution >= 0.6 is 22.6 Å². The molecule has 1 aromatic carbocycles. The molecule has 0 spiro atoms. The topological polar surface area (TPSA) is 90.9 Å². The third-order valence-electron chi connectivity index (χ3n) is 5.52. The highest BCUT2D eigenvalue weighted by Crippen LogP contribution is 2.31. The molecule has 1 saturated carbocycles. The number of benzene rings is 1. The van der Waals surface area contributed by atoms with Crippen molar-refractivity contribution in [3.63, 3.8) is 0 Å². The molecule has 1 aliphatic heterocycles. The minimum atomic E-state index is -0.825. The Kier molecular flexibility index (Phi) is 5.02. The summed E-state index contributed by atoms with van der Waals surface area (Å²) >= 11 is 2.35. The Bertz CT molecular complexity index is 1080. The van der Waals surface area contributed by atoms with Crippen molar-refractivity contribution in [2.45, 2.75) is 32.2 Å². The van der Waals surface area contributed by atoms with E-state index in [1.54, 1.807) is 0 Å². The molecule has 1 fully saturated rings. The summed E-state index contributed by atoms with van der Waals surface area (Å²) in [5.41, 5.74) is 9.21. The first kappa shape index (κ1) is 19.0. The Balaban J connectivity index is 1.48. The van der Waals surface area contributed by atoms with Gasteiger partial charge < -0.3 is 20.4 Å². The Morgan fingerprint density at radius 1 is 1.28 bits per heavy atom. The number of hydrogen-bond donors (Lipinski definition) is 2. The molecule has 29 heavy (non-hydrogen) atoms. The molecular weight excluding hydrogens is 486 g/mol. The van der Waals surface area contributed by atoms with Crippen LogP contribution in [0.15, 0.2) is 12.1 Å². The van der Waals surface area contributed by atoms with Gasteiger partial charge in [-0.15, -0.1) is 0 Å². The number of aromatic nitrogens is 4. The number of anilines is 1. The van der Waals surface area contributed by atoms with Crippen LogP contribution in [0.1, 0.15) is 29.8 Å². The van der Waals surface area contributed by atoms with E-state index in [2.05, 4.69) is 55.0 Å². The van der Waals surface area contributed by atoms with Crippen molar-refractivity contribution in [1.82, 2.24) is 24.8 Å². The average Bonchev–Trinajstić information content (AvgIpc) is 3.29. The minimum absolute atomic E-state index is 0.0745. The van der Waals surface area contributed by atoms with Gasteiger partial charge in [-0.2, -0.15) is 14.4 Å². The monoisotopic (exact) mass is 508 g/mol. The first-order valence-electron chi connectivity index (χ1n) is 9.91. The Morgan fingerprint density at radius 3 is 2.97 bits per heavy atom. The summed E-state index contributed by atoms with van der Waals surface area (Å²) in [6.07, 6.45) is 3.33. The van der Waals surface area contributed by atoms with Gasteiger partial charge in [0.1, 0.15) is 11.6 Å². The molecule has 0 atom stereocenters. The highest BCUT2D eigenvalue weighted by Gasteiger charge is 2.22. The highest BCUT2D eigenvalue weighted by molar-refractivity contribution is 14.1. The molecule has 7 nitrogen and oxygen atoms in total. The zero-order valence-electron chi connectivity index (χ0n) is 15.9. The molecule has 2 aliphatic rings. The standard InChI is InChI=1S/C20H22FIN6O/c21-20-26-18(23)17-19(27-20)28(5-4-24-10-11-1-2-11)16(25-17)9-13-8-15-12(3-6-29-15)7-14(13)22/h7-8,11,24H,1-6,9-10H2,(H2,23,26,27). The normalized spacial score (nSPS) is 15.7. The fourth-order valence-electron chi connectivity index (χ4n) is 3.77. The number of nitrogens with one attached hydrogen (secondary N) is 1. The van der Waals surface area contributed by atoms with E-state index in [1.165, 1.54) is 22.0 Å². The Morgan fingerprint density at radius 2 is 2.14 bits per heavy atom. The predicted octanol–water partition coefficient (Wildman–Crippen LogP) is 2.68. The molecular formula is C20H22FIN6O. The Labute approximate surface area is 181 Å². The van der Waals surface area contributed by atoms with Gasteiger partial charge in [0, 0.05) is 29.5 Å². The van der Waals surface area contributed by atoms with E-state index in [9.17, 15) is 4.39 Å². The number of rotatable bonds is 7. The number of nitrogen functional groups attached to an aromatic ring is 1. The first-order chi connectivity index (χ1) is 14.1. The molecule has 0 saturated heterocycles. The van der Waals surface area contributed by atoms with Gasteiger partial charge in [-0.3, -0.25) is 0 Å². The summed E-state index contributed by atoms with van der Waals surface area (Å²) in [7, 11) is 0. The summed E-state index contributed by atoms with van der Waals surface area (Å²) in [5.74, 6) is 2.62. The maximum absolute atomic E-state index is 13.9. The maximum atomic E-state index is 13.9. The summed E-state index contributed by atoms with van der Waals surface area (Å²) in [6.45, 7) is 3.16. The van der Waals surface area contributed by atoms with Gasteiger partial charge in [0.2, 0.25) is 0 Å². The van der Waals surface area contributed by atoms with Crippen molar-refractivity contribution in [2.24, 2.45) is 5.92 Å². The third kappa shape index (κ3) is 3.89. The number of nitrogens with zero attached hydrogens (tertiary/aromatic N) is 4. The van der Waals surface area contributed by atoms with Crippen LogP contribution < -0.4 is 15.8 Å². The summed E-state index contributed by atoms with van der Waals surface area (Å²) in [5, 5.41) is 3.48. The van der Waals surface area contributed by atoms with Gasteiger partial charge in [-0.1, -0.05) is 0 Å². The second kappa shape index (κ2) is 7.67. The minimum Gasteiger partial charge on any atom is -0.493 e.